The smallest absolute Gasteiger partial charge is 0.307 e. The van der Waals surface area contributed by atoms with Gasteiger partial charge < -0.3 is 19.1 Å². The van der Waals surface area contributed by atoms with Crippen molar-refractivity contribution in [3.8, 4) is 11.6 Å². The Morgan fingerprint density at radius 1 is 1.13 bits per heavy atom. The summed E-state index contributed by atoms with van der Waals surface area (Å²) in [6, 6.07) is 4.14. The van der Waals surface area contributed by atoms with E-state index in [0.29, 0.717) is 34.4 Å². The number of hydrogen-bond acceptors (Lipinski definition) is 10. The van der Waals surface area contributed by atoms with Gasteiger partial charge in [-0.05, 0) is 69.6 Å². The van der Waals surface area contributed by atoms with Crippen molar-refractivity contribution in [2.24, 2.45) is 28.6 Å². The molecule has 0 bridgehead atoms. The average Bonchev–Trinajstić information content (AvgIpc) is 3.96. The van der Waals surface area contributed by atoms with E-state index in [1.54, 1.807) is 52.0 Å². The number of nitrogens with one attached hydrogen (secondary N) is 1. The van der Waals surface area contributed by atoms with Crippen LogP contribution in [-0.4, -0.2) is 78.5 Å². The highest BCUT2D eigenvalue weighted by Gasteiger charge is 2.62. The monoisotopic (exact) mass is 759 g/mol. The summed E-state index contributed by atoms with van der Waals surface area (Å²) < 4.78 is 45.3. The average molecular weight is 760 g/mol. The van der Waals surface area contributed by atoms with E-state index in [2.05, 4.69) is 16.3 Å². The van der Waals surface area contributed by atoms with Crippen LogP contribution < -0.4 is 14.2 Å². The first-order valence-corrected chi connectivity index (χ1v) is 19.6. The molecule has 2 aromatic rings. The largest absolute Gasteiger partial charge is 0.494 e. The van der Waals surface area contributed by atoms with Crippen LogP contribution in [0, 0.1) is 28.6 Å². The lowest BCUT2D eigenvalue weighted by Crippen LogP contribution is -2.50. The van der Waals surface area contributed by atoms with Crippen molar-refractivity contribution in [2.45, 2.75) is 104 Å². The fraction of sp³-hybridized carbons (Fsp3) is 0.605. The van der Waals surface area contributed by atoms with Crippen LogP contribution in [0.1, 0.15) is 80.6 Å². The Hall–Kier alpha value is -3.71. The van der Waals surface area contributed by atoms with Gasteiger partial charge in [-0.25, -0.2) is 13.4 Å². The summed E-state index contributed by atoms with van der Waals surface area (Å²) in [6.07, 6.45) is 3.00. The minimum atomic E-state index is -3.87. The van der Waals surface area contributed by atoms with E-state index in [0.717, 1.165) is 0 Å². The number of carbonyl (C=O) groups is 4. The van der Waals surface area contributed by atoms with Crippen molar-refractivity contribution >= 4 is 56.0 Å². The van der Waals surface area contributed by atoms with E-state index in [9.17, 15) is 27.6 Å². The lowest BCUT2D eigenvalue weighted by Gasteiger charge is -2.35. The molecule has 1 N–H and O–H groups in total. The van der Waals surface area contributed by atoms with Gasteiger partial charge in [0.15, 0.2) is 5.78 Å². The number of aromatic nitrogens is 1. The molecule has 2 saturated carbocycles. The van der Waals surface area contributed by atoms with Crippen molar-refractivity contribution in [3.63, 3.8) is 0 Å². The Kier molecular flexibility index (Phi) is 10.8. The van der Waals surface area contributed by atoms with Crippen LogP contribution >= 0.6 is 11.6 Å². The van der Waals surface area contributed by atoms with Crippen molar-refractivity contribution < 1.29 is 41.8 Å². The van der Waals surface area contributed by atoms with Crippen LogP contribution in [0.2, 0.25) is 5.02 Å². The lowest BCUT2D eigenvalue weighted by molar-refractivity contribution is -0.161. The summed E-state index contributed by atoms with van der Waals surface area (Å²) in [5.74, 6) is -3.30. The molecule has 1 aromatic carbocycles. The number of rotatable bonds is 13. The molecule has 14 heteroatoms. The minimum Gasteiger partial charge on any atom is -0.494 e. The van der Waals surface area contributed by atoms with E-state index < -0.39 is 85.2 Å². The van der Waals surface area contributed by atoms with Crippen LogP contribution in [0.3, 0.4) is 0 Å². The Morgan fingerprint density at radius 2 is 1.81 bits per heavy atom. The summed E-state index contributed by atoms with van der Waals surface area (Å²) in [5, 5.41) is 1.10. The first kappa shape index (κ1) is 39.5. The number of ketones is 1. The molecule has 284 valence electrons. The zero-order valence-electron chi connectivity index (χ0n) is 31.2. The molecule has 2 aliphatic carbocycles. The van der Waals surface area contributed by atoms with E-state index in [-0.39, 0.29) is 31.7 Å². The number of fused-ring (bicyclic) bond motifs is 1. The third-order valence-electron chi connectivity index (χ3n) is 10.4. The lowest BCUT2D eigenvalue weighted by atomic mass is 9.77. The van der Waals surface area contributed by atoms with Gasteiger partial charge in [0, 0.05) is 28.1 Å². The molecule has 1 aliphatic heterocycles. The van der Waals surface area contributed by atoms with Crippen molar-refractivity contribution in [2.75, 3.05) is 13.7 Å². The Balaban J connectivity index is 1.50. The van der Waals surface area contributed by atoms with Gasteiger partial charge in [-0.2, -0.15) is 0 Å². The molecule has 0 unspecified atom stereocenters. The Morgan fingerprint density at radius 3 is 2.37 bits per heavy atom. The second-order valence-electron chi connectivity index (χ2n) is 16.5. The van der Waals surface area contributed by atoms with E-state index in [1.165, 1.54) is 18.2 Å². The number of nitrogens with zero attached hydrogens (tertiary/aromatic N) is 2. The molecule has 0 spiro atoms. The van der Waals surface area contributed by atoms with Gasteiger partial charge in [-0.3, -0.25) is 23.9 Å². The number of carbonyl (C=O) groups excluding carboxylic acids is 4. The zero-order valence-corrected chi connectivity index (χ0v) is 32.7. The van der Waals surface area contributed by atoms with Crippen molar-refractivity contribution in [3.05, 3.63) is 42.1 Å². The van der Waals surface area contributed by atoms with Crippen LogP contribution in [0.4, 0.5) is 0 Å². The van der Waals surface area contributed by atoms with Gasteiger partial charge in [0.25, 0.3) is 0 Å². The number of ether oxygens (including phenoxy) is 3. The summed E-state index contributed by atoms with van der Waals surface area (Å²) >= 11 is 6.36. The number of likely N-dealkylation sites (tertiary alicyclic amines) is 1. The van der Waals surface area contributed by atoms with Gasteiger partial charge in [0.1, 0.15) is 17.5 Å². The summed E-state index contributed by atoms with van der Waals surface area (Å²) in [5.41, 5.74) is -2.80. The molecular formula is C38H50ClN3O9S. The van der Waals surface area contributed by atoms with Crippen molar-refractivity contribution in [1.82, 2.24) is 14.6 Å². The molecule has 52 heavy (non-hydrogen) atoms. The summed E-state index contributed by atoms with van der Waals surface area (Å²) in [6.45, 7) is 16.4. The van der Waals surface area contributed by atoms with Crippen molar-refractivity contribution in [1.29, 1.82) is 0 Å². The number of halogens is 1. The zero-order chi connectivity index (χ0) is 38.6. The number of sulfonamides is 1. The van der Waals surface area contributed by atoms with Crippen LogP contribution in [-0.2, 0) is 33.9 Å². The molecule has 1 aromatic heterocycles. The molecule has 12 nitrogen and oxygen atoms in total. The van der Waals surface area contributed by atoms with Gasteiger partial charge in [-0.1, -0.05) is 45.4 Å². The maximum absolute atomic E-state index is 14.7. The predicted molar refractivity (Wildman–Crippen MR) is 196 cm³/mol. The van der Waals surface area contributed by atoms with Gasteiger partial charge >= 0.3 is 5.97 Å². The van der Waals surface area contributed by atoms with Crippen LogP contribution in [0.5, 0.6) is 11.6 Å². The molecule has 1 saturated heterocycles. The third kappa shape index (κ3) is 8.25. The van der Waals surface area contributed by atoms with Gasteiger partial charge in [0.05, 0.1) is 48.9 Å². The molecule has 6 atom stereocenters. The normalized spacial score (nSPS) is 25.3. The number of allylic oxidation sites excluding steroid dienone is 1. The predicted octanol–water partition coefficient (Wildman–Crippen LogP) is 5.65. The molecular weight excluding hydrogens is 710 g/mol. The molecule has 2 amide bonds. The van der Waals surface area contributed by atoms with E-state index in [4.69, 9.17) is 25.8 Å². The molecule has 5 rings (SSSR count). The summed E-state index contributed by atoms with van der Waals surface area (Å²) in [7, 11) is -2.35. The highest BCUT2D eigenvalue weighted by atomic mass is 35.5. The molecule has 2 heterocycles. The maximum Gasteiger partial charge on any atom is 0.307 e. The van der Waals surface area contributed by atoms with Gasteiger partial charge in [-0.15, -0.1) is 6.58 Å². The highest BCUT2D eigenvalue weighted by Crippen LogP contribution is 2.57. The fourth-order valence-corrected chi connectivity index (χ4v) is 8.73. The number of hydrogen-bond donors (Lipinski definition) is 1. The van der Waals surface area contributed by atoms with Crippen LogP contribution in [0.25, 0.3) is 10.8 Å². The SMILES string of the molecule is C=C[C@@H]1C[C@]1(CC(=O)[C@@H]1[C@@H](C)[C@@H](Oc2ncc(OC)c3ccc(Cl)cc23)CN1C(=O)[C@@H](CC(=O)OC(C)(C)C)C(C)(C)C)C(=O)NS(=O)(=O)C1CC1. The Bertz CT molecular complexity index is 1880. The van der Waals surface area contributed by atoms with E-state index >= 15 is 0 Å². The molecule has 0 radical (unpaired) electrons. The first-order valence-electron chi connectivity index (χ1n) is 17.6. The van der Waals surface area contributed by atoms with Gasteiger partial charge in [0.2, 0.25) is 27.7 Å². The Labute approximate surface area is 311 Å². The third-order valence-corrected chi connectivity index (χ3v) is 12.4. The highest BCUT2D eigenvalue weighted by molar-refractivity contribution is 7.90. The first-order chi connectivity index (χ1) is 24.1. The summed E-state index contributed by atoms with van der Waals surface area (Å²) in [4.78, 5) is 61.9. The van der Waals surface area contributed by atoms with E-state index in [1.807, 2.05) is 20.8 Å². The molecule has 3 aliphatic rings. The second kappa shape index (κ2) is 14.3. The van der Waals surface area contributed by atoms with Crippen LogP contribution in [0.15, 0.2) is 37.1 Å². The number of esters is 1. The number of methoxy groups -OCH3 is 1. The number of amides is 2. The molecule has 3 fully saturated rings. The number of Topliss-reactive ketones (excluding diaryl/α,β-unsaturated/α-hetero) is 1. The second-order valence-corrected chi connectivity index (χ2v) is 18.9. The standard InChI is InChI=1S/C38H50ClN3O9S/c1-10-22-17-38(22,35(46)41-52(47,48)24-12-13-24)18-28(43)32-21(2)30(50-33-26-15-23(39)11-14-25(26)29(49-9)19-40-33)20-42(32)34(45)27(36(3,4)5)16-31(44)51-37(6,7)8/h10-11,14-15,19,21-22,24,27,30,32H,1,12-13,16-18,20H2,2-9H3,(H,41,46)/t21-,22+,27+,30-,32-,38+/m0/s1. The number of pyridine rings is 1. The number of benzene rings is 1. The fourth-order valence-electron chi connectivity index (χ4n) is 7.17. The minimum absolute atomic E-state index is 0.0206. The quantitative estimate of drug-likeness (QED) is 0.200. The topological polar surface area (TPSA) is 158 Å². The maximum atomic E-state index is 14.7.